The predicted molar refractivity (Wildman–Crippen MR) is 135 cm³/mol. The first kappa shape index (κ1) is 22.0. The maximum atomic E-state index is 11.2. The highest BCUT2D eigenvalue weighted by Gasteiger charge is 2.05. The molecule has 0 aliphatic rings. The van der Waals surface area contributed by atoms with Crippen molar-refractivity contribution in [2.45, 2.75) is 27.3 Å². The molecule has 0 aliphatic heterocycles. The third kappa shape index (κ3) is 6.17. The van der Waals surface area contributed by atoms with Gasteiger partial charge in [-0.2, -0.15) is 0 Å². The third-order valence-corrected chi connectivity index (χ3v) is 5.05. The maximum Gasteiger partial charge on any atom is 0.227 e. The molecule has 1 aromatic heterocycles. The number of nitrogens with one attached hydrogen (secondary N) is 3. The Kier molecular flexibility index (Phi) is 6.64. The second-order valence-corrected chi connectivity index (χ2v) is 8.08. The van der Waals surface area contributed by atoms with E-state index in [1.54, 1.807) is 6.20 Å². The summed E-state index contributed by atoms with van der Waals surface area (Å²) in [5.41, 5.74) is 8.20. The summed E-state index contributed by atoms with van der Waals surface area (Å²) in [4.78, 5) is 20.2. The Bertz CT molecular complexity index is 1250. The van der Waals surface area contributed by atoms with E-state index in [1.807, 2.05) is 54.6 Å². The van der Waals surface area contributed by atoms with Crippen LogP contribution in [-0.4, -0.2) is 15.9 Å². The molecule has 1 heterocycles. The van der Waals surface area contributed by atoms with Crippen LogP contribution in [-0.2, 0) is 11.3 Å². The highest BCUT2D eigenvalue weighted by Crippen LogP contribution is 2.23. The second kappa shape index (κ2) is 9.96. The third-order valence-electron chi connectivity index (χ3n) is 5.05. The average molecular weight is 438 g/mol. The molecule has 0 unspecified atom stereocenters. The van der Waals surface area contributed by atoms with Gasteiger partial charge in [-0.15, -0.1) is 0 Å². The zero-order chi connectivity index (χ0) is 23.2. The van der Waals surface area contributed by atoms with E-state index in [1.165, 1.54) is 23.6 Å². The number of hydrogen-bond acceptors (Lipinski definition) is 5. The molecule has 6 heteroatoms. The molecule has 3 aromatic carbocycles. The van der Waals surface area contributed by atoms with Gasteiger partial charge in [0, 0.05) is 42.3 Å². The van der Waals surface area contributed by atoms with Crippen molar-refractivity contribution in [3.8, 4) is 11.3 Å². The zero-order valence-corrected chi connectivity index (χ0v) is 19.0. The van der Waals surface area contributed by atoms with Gasteiger partial charge in [-0.25, -0.2) is 9.97 Å². The quantitative estimate of drug-likeness (QED) is 0.327. The number of rotatable bonds is 7. The number of hydrogen-bond donors (Lipinski definition) is 3. The van der Waals surface area contributed by atoms with Gasteiger partial charge in [-0.3, -0.25) is 4.79 Å². The summed E-state index contributed by atoms with van der Waals surface area (Å²) in [6, 6.07) is 24.1. The average Bonchev–Trinajstić information content (AvgIpc) is 2.78. The topological polar surface area (TPSA) is 78.9 Å². The number of amides is 1. The van der Waals surface area contributed by atoms with Crippen LogP contribution >= 0.6 is 0 Å². The zero-order valence-electron chi connectivity index (χ0n) is 19.0. The van der Waals surface area contributed by atoms with Crippen molar-refractivity contribution in [3.63, 3.8) is 0 Å². The number of anilines is 4. The lowest BCUT2D eigenvalue weighted by molar-refractivity contribution is -0.114. The van der Waals surface area contributed by atoms with Crippen LogP contribution in [0, 0.1) is 13.8 Å². The highest BCUT2D eigenvalue weighted by molar-refractivity contribution is 5.88. The van der Waals surface area contributed by atoms with E-state index in [-0.39, 0.29) is 5.91 Å². The van der Waals surface area contributed by atoms with E-state index in [2.05, 4.69) is 58.0 Å². The summed E-state index contributed by atoms with van der Waals surface area (Å²) in [7, 11) is 0. The molecule has 4 aromatic rings. The van der Waals surface area contributed by atoms with E-state index < -0.39 is 0 Å². The fourth-order valence-electron chi connectivity index (χ4n) is 3.72. The fourth-order valence-corrected chi connectivity index (χ4v) is 3.72. The van der Waals surface area contributed by atoms with E-state index in [4.69, 9.17) is 0 Å². The summed E-state index contributed by atoms with van der Waals surface area (Å²) in [6.07, 6.45) is 1.73. The van der Waals surface area contributed by atoms with Gasteiger partial charge in [0.1, 0.15) is 0 Å². The van der Waals surface area contributed by atoms with Crippen LogP contribution < -0.4 is 16.0 Å². The lowest BCUT2D eigenvalue weighted by Crippen LogP contribution is -2.05. The van der Waals surface area contributed by atoms with E-state index in [9.17, 15) is 4.79 Å². The SMILES string of the molecule is CC(=O)Nc1ccc(-c2ccnc(Nc3cccc(NCc4cc(C)cc(C)c4)c3)n2)cc1. The number of carbonyl (C=O) groups excluding carboxylic acids is 1. The Morgan fingerprint density at radius 2 is 1.58 bits per heavy atom. The molecule has 0 aliphatic carbocycles. The van der Waals surface area contributed by atoms with Gasteiger partial charge < -0.3 is 16.0 Å². The monoisotopic (exact) mass is 437 g/mol. The number of benzene rings is 3. The van der Waals surface area contributed by atoms with E-state index >= 15 is 0 Å². The van der Waals surface area contributed by atoms with Crippen LogP contribution in [0.15, 0.2) is 79.0 Å². The molecule has 33 heavy (non-hydrogen) atoms. The predicted octanol–water partition coefficient (Wildman–Crippen LogP) is 6.07. The summed E-state index contributed by atoms with van der Waals surface area (Å²) < 4.78 is 0. The first-order chi connectivity index (χ1) is 15.9. The molecule has 0 bridgehead atoms. The van der Waals surface area contributed by atoms with Gasteiger partial charge in [0.25, 0.3) is 0 Å². The summed E-state index contributed by atoms with van der Waals surface area (Å²) in [5.74, 6) is 0.423. The second-order valence-electron chi connectivity index (χ2n) is 8.08. The molecule has 3 N–H and O–H groups in total. The van der Waals surface area contributed by atoms with E-state index in [0.717, 1.165) is 34.9 Å². The van der Waals surface area contributed by atoms with Gasteiger partial charge in [-0.1, -0.05) is 47.5 Å². The number of aryl methyl sites for hydroxylation is 2. The van der Waals surface area contributed by atoms with Crippen molar-refractivity contribution in [1.29, 1.82) is 0 Å². The fraction of sp³-hybridized carbons (Fsp3) is 0.148. The van der Waals surface area contributed by atoms with Crippen molar-refractivity contribution < 1.29 is 4.79 Å². The smallest absolute Gasteiger partial charge is 0.227 e. The number of aromatic nitrogens is 2. The van der Waals surface area contributed by atoms with Crippen molar-refractivity contribution >= 4 is 28.9 Å². The Hall–Kier alpha value is -4.19. The lowest BCUT2D eigenvalue weighted by Gasteiger charge is -2.11. The van der Waals surface area contributed by atoms with Crippen molar-refractivity contribution in [2.75, 3.05) is 16.0 Å². The van der Waals surface area contributed by atoms with E-state index in [0.29, 0.717) is 5.95 Å². The molecular weight excluding hydrogens is 410 g/mol. The molecule has 0 atom stereocenters. The normalized spacial score (nSPS) is 10.5. The molecule has 1 amide bonds. The Morgan fingerprint density at radius 1 is 0.848 bits per heavy atom. The summed E-state index contributed by atoms with van der Waals surface area (Å²) in [5, 5.41) is 9.54. The number of nitrogens with zero attached hydrogens (tertiary/aromatic N) is 2. The molecule has 0 spiro atoms. The molecule has 0 saturated heterocycles. The van der Waals surface area contributed by atoms with Gasteiger partial charge in [0.15, 0.2) is 0 Å². The standard InChI is InChI=1S/C27H27N5O/c1-18-13-19(2)15-21(14-18)17-29-24-5-4-6-25(16-24)31-27-28-12-11-26(32-27)22-7-9-23(10-8-22)30-20(3)33/h4-16,29H,17H2,1-3H3,(H,30,33)(H,28,31,32). The van der Waals surface area contributed by atoms with Crippen molar-refractivity contribution in [1.82, 2.24) is 9.97 Å². The molecule has 4 rings (SSSR count). The van der Waals surface area contributed by atoms with Crippen LogP contribution in [0.5, 0.6) is 0 Å². The first-order valence-electron chi connectivity index (χ1n) is 10.8. The van der Waals surface area contributed by atoms with Crippen LogP contribution in [0.3, 0.4) is 0 Å². The molecule has 0 radical (unpaired) electrons. The molecule has 0 saturated carbocycles. The van der Waals surface area contributed by atoms with Gasteiger partial charge in [0.2, 0.25) is 11.9 Å². The first-order valence-corrected chi connectivity index (χ1v) is 10.8. The minimum Gasteiger partial charge on any atom is -0.381 e. The molecule has 166 valence electrons. The van der Waals surface area contributed by atoms with Crippen LogP contribution in [0.25, 0.3) is 11.3 Å². The maximum absolute atomic E-state index is 11.2. The van der Waals surface area contributed by atoms with Crippen LogP contribution in [0.1, 0.15) is 23.6 Å². The van der Waals surface area contributed by atoms with Gasteiger partial charge >= 0.3 is 0 Å². The Balaban J connectivity index is 1.44. The Morgan fingerprint density at radius 3 is 2.30 bits per heavy atom. The van der Waals surface area contributed by atoms with Crippen molar-refractivity contribution in [2.24, 2.45) is 0 Å². The minimum atomic E-state index is -0.0954. The summed E-state index contributed by atoms with van der Waals surface area (Å²) >= 11 is 0. The highest BCUT2D eigenvalue weighted by atomic mass is 16.1. The largest absolute Gasteiger partial charge is 0.381 e. The minimum absolute atomic E-state index is 0.0954. The summed E-state index contributed by atoms with van der Waals surface area (Å²) in [6.45, 7) is 6.48. The molecule has 0 fully saturated rings. The van der Waals surface area contributed by atoms with Crippen LogP contribution in [0.4, 0.5) is 23.0 Å². The van der Waals surface area contributed by atoms with Crippen LogP contribution in [0.2, 0.25) is 0 Å². The van der Waals surface area contributed by atoms with Crippen molar-refractivity contribution in [3.05, 3.63) is 95.7 Å². The van der Waals surface area contributed by atoms with Gasteiger partial charge in [-0.05, 0) is 55.8 Å². The lowest BCUT2D eigenvalue weighted by atomic mass is 10.1. The Labute approximate surface area is 194 Å². The molecular formula is C27H27N5O. The number of carbonyl (C=O) groups is 1. The van der Waals surface area contributed by atoms with Gasteiger partial charge in [0.05, 0.1) is 5.69 Å². The molecule has 6 nitrogen and oxygen atoms in total.